The van der Waals surface area contributed by atoms with Gasteiger partial charge < -0.3 is 13.4 Å². The molecule has 0 atom stereocenters. The van der Waals surface area contributed by atoms with Crippen LogP contribution in [0.25, 0.3) is 82.5 Å². The third kappa shape index (κ3) is 3.03. The molecule has 9 aromatic rings. The molecule has 4 nitrogen and oxygen atoms in total. The van der Waals surface area contributed by atoms with Crippen molar-refractivity contribution in [2.75, 3.05) is 0 Å². The molecule has 0 aliphatic heterocycles. The lowest BCUT2D eigenvalue weighted by molar-refractivity contribution is 0.666. The third-order valence-corrected chi connectivity index (χ3v) is 8.23. The largest absolute Gasteiger partial charge is 0.456 e. The van der Waals surface area contributed by atoms with Crippen molar-refractivity contribution >= 4 is 65.7 Å². The van der Waals surface area contributed by atoms with Gasteiger partial charge in [-0.3, -0.25) is 0 Å². The number of furan rings is 2. The van der Waals surface area contributed by atoms with Crippen molar-refractivity contribution in [2.45, 2.75) is 0 Å². The van der Waals surface area contributed by atoms with E-state index in [9.17, 15) is 5.26 Å². The normalized spacial score (nSPS) is 11.9. The summed E-state index contributed by atoms with van der Waals surface area (Å²) in [6, 6.07) is 43.7. The van der Waals surface area contributed by atoms with E-state index in [1.54, 1.807) is 0 Å². The first-order valence-electron chi connectivity index (χ1n) is 13.6. The van der Waals surface area contributed by atoms with Crippen LogP contribution in [-0.4, -0.2) is 4.57 Å². The number of nitrogens with zero attached hydrogens (tertiary/aromatic N) is 2. The summed E-state index contributed by atoms with van der Waals surface area (Å²) in [6.45, 7) is 0. The van der Waals surface area contributed by atoms with Crippen LogP contribution >= 0.6 is 0 Å². The monoisotopic (exact) mass is 524 g/mol. The van der Waals surface area contributed by atoms with E-state index < -0.39 is 0 Å². The molecule has 4 heteroatoms. The average molecular weight is 525 g/mol. The molecule has 190 valence electrons. The van der Waals surface area contributed by atoms with Gasteiger partial charge in [-0.2, -0.15) is 5.26 Å². The molecule has 0 saturated carbocycles. The lowest BCUT2D eigenvalue weighted by atomic mass is 9.98. The number of benzene rings is 6. The molecule has 0 unspecified atom stereocenters. The van der Waals surface area contributed by atoms with E-state index in [1.165, 1.54) is 0 Å². The van der Waals surface area contributed by atoms with Crippen molar-refractivity contribution in [1.29, 1.82) is 5.26 Å². The van der Waals surface area contributed by atoms with E-state index in [0.29, 0.717) is 5.56 Å². The lowest BCUT2D eigenvalue weighted by Crippen LogP contribution is -1.94. The predicted octanol–water partition coefficient (Wildman–Crippen LogP) is 10.1. The molecule has 0 spiro atoms. The van der Waals surface area contributed by atoms with Gasteiger partial charge in [0.2, 0.25) is 0 Å². The Kier molecular flexibility index (Phi) is 4.37. The third-order valence-electron chi connectivity index (χ3n) is 8.23. The van der Waals surface area contributed by atoms with Crippen LogP contribution in [0.15, 0.2) is 130 Å². The summed E-state index contributed by atoms with van der Waals surface area (Å²) >= 11 is 0. The van der Waals surface area contributed by atoms with Gasteiger partial charge in [0, 0.05) is 32.3 Å². The Balaban J connectivity index is 1.33. The Morgan fingerprint density at radius 1 is 0.537 bits per heavy atom. The molecular formula is C37H20N2O2. The second-order valence-corrected chi connectivity index (χ2v) is 10.4. The number of hydrogen-bond donors (Lipinski definition) is 0. The molecule has 0 radical (unpaired) electrons. The van der Waals surface area contributed by atoms with Gasteiger partial charge in [-0.25, -0.2) is 0 Å². The van der Waals surface area contributed by atoms with Crippen molar-refractivity contribution in [3.8, 4) is 22.9 Å². The Hall–Kier alpha value is -5.79. The Morgan fingerprint density at radius 3 is 2.22 bits per heavy atom. The first kappa shape index (κ1) is 22.1. The number of aromatic nitrogens is 1. The zero-order valence-electron chi connectivity index (χ0n) is 21.8. The van der Waals surface area contributed by atoms with Crippen LogP contribution in [0, 0.1) is 11.3 Å². The zero-order chi connectivity index (χ0) is 27.1. The standard InChI is InChI=1S/C37H20N2O2/c38-21-22-15-18-31-29(19-22)25-7-1-3-11-30(25)39(31)32-12-5-10-28-36-24(9-6-14-34(36)41-37(28)32)23-16-17-27-26-8-2-4-13-33(26)40-35(27)20-23/h1-20H. The highest BCUT2D eigenvalue weighted by Crippen LogP contribution is 2.42. The van der Waals surface area contributed by atoms with Crippen molar-refractivity contribution in [3.63, 3.8) is 0 Å². The number of nitriles is 1. The molecule has 0 N–H and O–H groups in total. The van der Waals surface area contributed by atoms with Crippen molar-refractivity contribution in [3.05, 3.63) is 127 Å². The van der Waals surface area contributed by atoms with Gasteiger partial charge in [-0.15, -0.1) is 0 Å². The summed E-state index contributed by atoms with van der Waals surface area (Å²) in [5.74, 6) is 0. The topological polar surface area (TPSA) is 55.0 Å². The smallest absolute Gasteiger partial charge is 0.159 e. The first-order valence-corrected chi connectivity index (χ1v) is 13.6. The molecule has 0 aliphatic rings. The second kappa shape index (κ2) is 8.11. The van der Waals surface area contributed by atoms with Crippen LogP contribution in [0.4, 0.5) is 0 Å². The summed E-state index contributed by atoms with van der Waals surface area (Å²) in [4.78, 5) is 0. The van der Waals surface area contributed by atoms with Gasteiger partial charge in [-0.05, 0) is 65.7 Å². The number of rotatable bonds is 2. The maximum absolute atomic E-state index is 9.55. The fourth-order valence-corrected chi connectivity index (χ4v) is 6.44. The SMILES string of the molecule is N#Cc1ccc2c(c1)c1ccccc1n2-c1cccc2c1oc1cccc(-c3ccc4c(c3)oc3ccccc34)c12. The van der Waals surface area contributed by atoms with E-state index in [1.807, 2.05) is 60.7 Å². The Labute approximate surface area is 233 Å². The number of fused-ring (bicyclic) bond motifs is 9. The molecule has 41 heavy (non-hydrogen) atoms. The van der Waals surface area contributed by atoms with Crippen molar-refractivity contribution in [2.24, 2.45) is 0 Å². The fraction of sp³-hybridized carbons (Fsp3) is 0. The minimum absolute atomic E-state index is 0.647. The van der Waals surface area contributed by atoms with Gasteiger partial charge in [-0.1, -0.05) is 66.7 Å². The van der Waals surface area contributed by atoms with Crippen molar-refractivity contribution in [1.82, 2.24) is 4.57 Å². The van der Waals surface area contributed by atoms with Crippen LogP contribution in [0.3, 0.4) is 0 Å². The maximum Gasteiger partial charge on any atom is 0.159 e. The lowest BCUT2D eigenvalue weighted by Gasteiger charge is -2.08. The summed E-state index contributed by atoms with van der Waals surface area (Å²) in [7, 11) is 0. The fourth-order valence-electron chi connectivity index (χ4n) is 6.44. The number of para-hydroxylation sites is 3. The van der Waals surface area contributed by atoms with Gasteiger partial charge in [0.05, 0.1) is 28.4 Å². The minimum Gasteiger partial charge on any atom is -0.456 e. The highest BCUT2D eigenvalue weighted by Gasteiger charge is 2.20. The molecule has 0 saturated heterocycles. The highest BCUT2D eigenvalue weighted by atomic mass is 16.3. The van der Waals surface area contributed by atoms with E-state index >= 15 is 0 Å². The van der Waals surface area contributed by atoms with E-state index in [2.05, 4.69) is 71.3 Å². The van der Waals surface area contributed by atoms with Gasteiger partial charge in [0.25, 0.3) is 0 Å². The van der Waals surface area contributed by atoms with Crippen LogP contribution in [-0.2, 0) is 0 Å². The van der Waals surface area contributed by atoms with Crippen LogP contribution in [0.1, 0.15) is 5.56 Å². The highest BCUT2D eigenvalue weighted by molar-refractivity contribution is 6.17. The van der Waals surface area contributed by atoms with Crippen molar-refractivity contribution < 1.29 is 8.83 Å². The van der Waals surface area contributed by atoms with Crippen LogP contribution < -0.4 is 0 Å². The summed E-state index contributed by atoms with van der Waals surface area (Å²) in [6.07, 6.45) is 0. The van der Waals surface area contributed by atoms with Crippen LogP contribution in [0.2, 0.25) is 0 Å². The molecular weight excluding hydrogens is 504 g/mol. The summed E-state index contributed by atoms with van der Waals surface area (Å²) in [5.41, 5.74) is 9.32. The quantitative estimate of drug-likeness (QED) is 0.226. The van der Waals surface area contributed by atoms with Gasteiger partial charge in [0.15, 0.2) is 5.58 Å². The van der Waals surface area contributed by atoms with E-state index in [-0.39, 0.29) is 0 Å². The van der Waals surface area contributed by atoms with Crippen LogP contribution in [0.5, 0.6) is 0 Å². The Bertz CT molecular complexity index is 2550. The summed E-state index contributed by atoms with van der Waals surface area (Å²) in [5, 5.41) is 16.1. The molecule has 9 rings (SSSR count). The molecule has 3 heterocycles. The molecule has 3 aromatic heterocycles. The van der Waals surface area contributed by atoms with E-state index in [4.69, 9.17) is 8.83 Å². The minimum atomic E-state index is 0.647. The molecule has 0 bridgehead atoms. The zero-order valence-corrected chi connectivity index (χ0v) is 21.8. The maximum atomic E-state index is 9.55. The molecule has 0 aliphatic carbocycles. The predicted molar refractivity (Wildman–Crippen MR) is 165 cm³/mol. The molecule has 0 fully saturated rings. The molecule has 0 amide bonds. The van der Waals surface area contributed by atoms with E-state index in [0.717, 1.165) is 82.5 Å². The molecule has 6 aromatic carbocycles. The number of hydrogen-bond acceptors (Lipinski definition) is 3. The van der Waals surface area contributed by atoms with Gasteiger partial charge >= 0.3 is 0 Å². The first-order chi connectivity index (χ1) is 20.3. The average Bonchev–Trinajstić information content (AvgIpc) is 3.69. The van der Waals surface area contributed by atoms with Gasteiger partial charge in [0.1, 0.15) is 16.7 Å². The summed E-state index contributed by atoms with van der Waals surface area (Å²) < 4.78 is 15.1. The Morgan fingerprint density at radius 2 is 1.29 bits per heavy atom. The second-order valence-electron chi connectivity index (χ2n) is 10.4.